The van der Waals surface area contributed by atoms with Gasteiger partial charge in [0.2, 0.25) is 0 Å². The average Bonchev–Trinajstić information content (AvgIpc) is 2.33. The molecule has 0 radical (unpaired) electrons. The van der Waals surface area contributed by atoms with Crippen molar-refractivity contribution in [2.75, 3.05) is 0 Å². The SMILES string of the molecule is CC(O)(c1ccc(Cl)s1)C(F)(F)F. The van der Waals surface area contributed by atoms with Crippen molar-refractivity contribution >= 4 is 22.9 Å². The maximum atomic E-state index is 12.2. The van der Waals surface area contributed by atoms with Crippen molar-refractivity contribution in [3.8, 4) is 0 Å². The fraction of sp³-hybridized carbons (Fsp3) is 0.429. The summed E-state index contributed by atoms with van der Waals surface area (Å²) in [6.07, 6.45) is -4.68. The molecule has 0 fully saturated rings. The molecule has 1 nitrogen and oxygen atoms in total. The van der Waals surface area contributed by atoms with E-state index in [1.54, 1.807) is 0 Å². The third-order valence-corrected chi connectivity index (χ3v) is 3.05. The number of rotatable bonds is 1. The van der Waals surface area contributed by atoms with Gasteiger partial charge in [0.15, 0.2) is 5.60 Å². The minimum Gasteiger partial charge on any atom is -0.376 e. The van der Waals surface area contributed by atoms with Gasteiger partial charge in [0.1, 0.15) is 0 Å². The summed E-state index contributed by atoms with van der Waals surface area (Å²) in [6.45, 7) is 0.704. The van der Waals surface area contributed by atoms with Gasteiger partial charge in [-0.15, -0.1) is 11.3 Å². The third-order valence-electron chi connectivity index (χ3n) is 1.60. The van der Waals surface area contributed by atoms with Crippen LogP contribution >= 0.6 is 22.9 Å². The van der Waals surface area contributed by atoms with Crippen molar-refractivity contribution in [2.45, 2.75) is 18.7 Å². The average molecular weight is 231 g/mol. The van der Waals surface area contributed by atoms with Crippen molar-refractivity contribution in [1.29, 1.82) is 0 Å². The Balaban J connectivity index is 3.07. The Morgan fingerprint density at radius 3 is 2.23 bits per heavy atom. The lowest BCUT2D eigenvalue weighted by Crippen LogP contribution is -2.38. The van der Waals surface area contributed by atoms with E-state index < -0.39 is 11.8 Å². The summed E-state index contributed by atoms with van der Waals surface area (Å²) >= 11 is 6.17. The first-order valence-electron chi connectivity index (χ1n) is 3.30. The fourth-order valence-corrected chi connectivity index (χ4v) is 1.82. The summed E-state index contributed by atoms with van der Waals surface area (Å²) in [5, 5.41) is 9.16. The van der Waals surface area contributed by atoms with Crippen LogP contribution in [0.4, 0.5) is 13.2 Å². The lowest BCUT2D eigenvalue weighted by atomic mass is 10.1. The second-order valence-corrected chi connectivity index (χ2v) is 4.39. The second-order valence-electron chi connectivity index (χ2n) is 2.67. The van der Waals surface area contributed by atoms with E-state index in [-0.39, 0.29) is 9.21 Å². The van der Waals surface area contributed by atoms with Crippen molar-refractivity contribution in [3.63, 3.8) is 0 Å². The molecule has 1 N–H and O–H groups in total. The summed E-state index contributed by atoms with van der Waals surface area (Å²) in [5.74, 6) is 0. The number of hydrogen-bond acceptors (Lipinski definition) is 2. The Hall–Kier alpha value is -0.260. The van der Waals surface area contributed by atoms with Crippen LogP contribution in [0, 0.1) is 0 Å². The van der Waals surface area contributed by atoms with E-state index in [1.165, 1.54) is 12.1 Å². The van der Waals surface area contributed by atoms with Gasteiger partial charge in [-0.2, -0.15) is 13.2 Å². The normalized spacial score (nSPS) is 17.1. The first kappa shape index (κ1) is 10.8. The topological polar surface area (TPSA) is 20.2 Å². The van der Waals surface area contributed by atoms with Crippen LogP contribution < -0.4 is 0 Å². The van der Waals surface area contributed by atoms with Crippen molar-refractivity contribution in [1.82, 2.24) is 0 Å². The highest BCUT2D eigenvalue weighted by atomic mass is 35.5. The quantitative estimate of drug-likeness (QED) is 0.786. The molecule has 0 saturated heterocycles. The Labute approximate surface area is 81.8 Å². The summed E-state index contributed by atoms with van der Waals surface area (Å²) in [7, 11) is 0. The zero-order valence-corrected chi connectivity index (χ0v) is 8.09. The van der Waals surface area contributed by atoms with Crippen LogP contribution in [0.2, 0.25) is 4.34 Å². The van der Waals surface area contributed by atoms with Crippen LogP contribution in [-0.4, -0.2) is 11.3 Å². The van der Waals surface area contributed by atoms with Gasteiger partial charge in [-0.05, 0) is 19.1 Å². The number of thiophene rings is 1. The molecule has 0 aliphatic heterocycles. The lowest BCUT2D eigenvalue weighted by Gasteiger charge is -2.24. The van der Waals surface area contributed by atoms with E-state index in [2.05, 4.69) is 0 Å². The third kappa shape index (κ3) is 1.98. The molecule has 1 atom stereocenters. The summed E-state index contributed by atoms with van der Waals surface area (Å²) in [5.41, 5.74) is -2.81. The molecule has 6 heteroatoms. The molecule has 0 saturated carbocycles. The molecule has 1 heterocycles. The molecule has 0 aliphatic rings. The van der Waals surface area contributed by atoms with Crippen LogP contribution in [0.3, 0.4) is 0 Å². The Morgan fingerprint density at radius 1 is 1.38 bits per heavy atom. The Kier molecular flexibility index (Phi) is 2.62. The largest absolute Gasteiger partial charge is 0.421 e. The number of aliphatic hydroxyl groups is 1. The van der Waals surface area contributed by atoms with E-state index in [4.69, 9.17) is 16.7 Å². The zero-order chi connectivity index (χ0) is 10.3. The van der Waals surface area contributed by atoms with Gasteiger partial charge in [0.25, 0.3) is 0 Å². The zero-order valence-electron chi connectivity index (χ0n) is 6.52. The molecule has 0 spiro atoms. The summed E-state index contributed by atoms with van der Waals surface area (Å²) < 4.78 is 36.9. The van der Waals surface area contributed by atoms with Gasteiger partial charge in [-0.1, -0.05) is 11.6 Å². The molecule has 0 aliphatic carbocycles. The van der Waals surface area contributed by atoms with Gasteiger partial charge in [0.05, 0.1) is 4.34 Å². The van der Waals surface area contributed by atoms with Crippen molar-refractivity contribution < 1.29 is 18.3 Å². The minimum atomic E-state index is -4.68. The molecular weight excluding hydrogens is 225 g/mol. The highest BCUT2D eigenvalue weighted by Crippen LogP contribution is 2.42. The van der Waals surface area contributed by atoms with E-state index in [1.807, 2.05) is 0 Å². The van der Waals surface area contributed by atoms with Gasteiger partial charge in [-0.3, -0.25) is 0 Å². The van der Waals surface area contributed by atoms with Crippen LogP contribution in [-0.2, 0) is 5.60 Å². The highest BCUT2D eigenvalue weighted by Gasteiger charge is 2.52. The van der Waals surface area contributed by atoms with Crippen LogP contribution in [0.25, 0.3) is 0 Å². The smallest absolute Gasteiger partial charge is 0.376 e. The van der Waals surface area contributed by atoms with Crippen molar-refractivity contribution in [3.05, 3.63) is 21.3 Å². The number of alkyl halides is 3. The molecule has 0 bridgehead atoms. The predicted octanol–water partition coefficient (Wildman–Crippen LogP) is 3.17. The van der Waals surface area contributed by atoms with Crippen LogP contribution in [0.1, 0.15) is 11.8 Å². The summed E-state index contributed by atoms with van der Waals surface area (Å²) in [4.78, 5) is -0.204. The maximum Gasteiger partial charge on any atom is 0.421 e. The molecule has 13 heavy (non-hydrogen) atoms. The number of hydrogen-bond donors (Lipinski definition) is 1. The second kappa shape index (κ2) is 3.15. The van der Waals surface area contributed by atoms with Crippen LogP contribution in [0.15, 0.2) is 12.1 Å². The summed E-state index contributed by atoms with van der Waals surface area (Å²) in [6, 6.07) is 2.49. The molecule has 0 amide bonds. The molecular formula is C7H6ClF3OS. The maximum absolute atomic E-state index is 12.2. The Morgan fingerprint density at radius 2 is 1.92 bits per heavy atom. The predicted molar refractivity (Wildman–Crippen MR) is 45.0 cm³/mol. The molecule has 1 unspecified atom stereocenters. The minimum absolute atomic E-state index is 0.204. The standard InChI is InChI=1S/C7H6ClF3OS/c1-6(12,7(9,10)11)4-2-3-5(8)13-4/h2-3,12H,1H3. The molecule has 1 rings (SSSR count). The van der Waals surface area contributed by atoms with Gasteiger partial charge >= 0.3 is 6.18 Å². The van der Waals surface area contributed by atoms with E-state index in [0.29, 0.717) is 18.3 Å². The molecule has 74 valence electrons. The van der Waals surface area contributed by atoms with E-state index in [9.17, 15) is 13.2 Å². The van der Waals surface area contributed by atoms with E-state index >= 15 is 0 Å². The molecule has 1 aromatic heterocycles. The monoisotopic (exact) mass is 230 g/mol. The molecule has 1 aromatic rings. The van der Waals surface area contributed by atoms with Gasteiger partial charge < -0.3 is 5.11 Å². The highest BCUT2D eigenvalue weighted by molar-refractivity contribution is 7.16. The lowest BCUT2D eigenvalue weighted by molar-refractivity contribution is -0.257. The first-order valence-corrected chi connectivity index (χ1v) is 4.49. The van der Waals surface area contributed by atoms with Crippen LogP contribution in [0.5, 0.6) is 0 Å². The van der Waals surface area contributed by atoms with E-state index in [0.717, 1.165) is 0 Å². The fourth-order valence-electron chi connectivity index (χ4n) is 0.716. The first-order chi connectivity index (χ1) is 5.75. The van der Waals surface area contributed by atoms with Crippen molar-refractivity contribution in [2.24, 2.45) is 0 Å². The number of halogens is 4. The van der Waals surface area contributed by atoms with Gasteiger partial charge in [-0.25, -0.2) is 0 Å². The Bertz CT molecular complexity index is 305. The van der Waals surface area contributed by atoms with Gasteiger partial charge in [0, 0.05) is 4.88 Å². The molecule has 0 aromatic carbocycles.